The Morgan fingerprint density at radius 1 is 0.920 bits per heavy atom. The Balaban J connectivity index is 1.69. The molecule has 0 aliphatic carbocycles. The van der Waals surface area contributed by atoms with Crippen LogP contribution in [0.25, 0.3) is 11.1 Å². The average Bonchev–Trinajstić information content (AvgIpc) is 2.62. The van der Waals surface area contributed by atoms with Crippen molar-refractivity contribution < 1.29 is 14.7 Å². The van der Waals surface area contributed by atoms with Gasteiger partial charge in [-0.25, -0.2) is 0 Å². The molecule has 0 unspecified atom stereocenters. The molecular weight excluding hydrogens is 314 g/mol. The molecular formula is C21H23NO3. The summed E-state index contributed by atoms with van der Waals surface area (Å²) in [7, 11) is 0. The van der Waals surface area contributed by atoms with Crippen LogP contribution in [0.1, 0.15) is 35.7 Å². The third kappa shape index (κ3) is 3.58. The highest BCUT2D eigenvalue weighted by Crippen LogP contribution is 2.31. The summed E-state index contributed by atoms with van der Waals surface area (Å²) >= 11 is 0. The molecule has 4 nitrogen and oxygen atoms in total. The molecule has 0 atom stereocenters. The molecule has 2 aromatic carbocycles. The number of aryl methyl sites for hydroxylation is 1. The maximum absolute atomic E-state index is 12.7. The van der Waals surface area contributed by atoms with Crippen LogP contribution in [0.3, 0.4) is 0 Å². The van der Waals surface area contributed by atoms with Gasteiger partial charge in [0.15, 0.2) is 0 Å². The zero-order chi connectivity index (χ0) is 18.0. The highest BCUT2D eigenvalue weighted by molar-refractivity contribution is 5.95. The van der Waals surface area contributed by atoms with Crippen molar-refractivity contribution >= 4 is 11.9 Å². The van der Waals surface area contributed by atoms with E-state index in [2.05, 4.69) is 31.2 Å². The second-order valence-corrected chi connectivity index (χ2v) is 7.10. The molecule has 0 spiro atoms. The number of hydrogen-bond acceptors (Lipinski definition) is 2. The topological polar surface area (TPSA) is 57.6 Å². The molecule has 1 aliphatic heterocycles. The average molecular weight is 337 g/mol. The summed E-state index contributed by atoms with van der Waals surface area (Å²) in [4.78, 5) is 25.7. The Bertz CT molecular complexity index is 770. The van der Waals surface area contributed by atoms with Crippen molar-refractivity contribution in [2.45, 2.75) is 26.7 Å². The van der Waals surface area contributed by atoms with Gasteiger partial charge < -0.3 is 10.0 Å². The Morgan fingerprint density at radius 2 is 1.40 bits per heavy atom. The number of rotatable bonds is 3. The maximum atomic E-state index is 12.7. The minimum absolute atomic E-state index is 0.0251. The molecule has 3 rings (SSSR count). The van der Waals surface area contributed by atoms with Crippen molar-refractivity contribution in [2.24, 2.45) is 5.41 Å². The van der Waals surface area contributed by atoms with E-state index >= 15 is 0 Å². The van der Waals surface area contributed by atoms with Crippen LogP contribution in [0.15, 0.2) is 48.5 Å². The fourth-order valence-corrected chi connectivity index (χ4v) is 3.15. The van der Waals surface area contributed by atoms with Gasteiger partial charge in [-0.1, -0.05) is 42.0 Å². The monoisotopic (exact) mass is 337 g/mol. The Morgan fingerprint density at radius 3 is 1.88 bits per heavy atom. The summed E-state index contributed by atoms with van der Waals surface area (Å²) in [5, 5.41) is 9.29. The molecule has 0 saturated carbocycles. The largest absolute Gasteiger partial charge is 0.481 e. The minimum atomic E-state index is -0.776. The van der Waals surface area contributed by atoms with E-state index in [1.54, 1.807) is 11.8 Å². The van der Waals surface area contributed by atoms with Gasteiger partial charge in [0.05, 0.1) is 5.41 Å². The lowest BCUT2D eigenvalue weighted by molar-refractivity contribution is -0.150. The predicted octanol–water partition coefficient (Wildman–Crippen LogP) is 3.99. The first-order valence-electron chi connectivity index (χ1n) is 8.59. The predicted molar refractivity (Wildman–Crippen MR) is 97.5 cm³/mol. The number of carbonyl (C=O) groups is 2. The molecule has 1 N–H and O–H groups in total. The summed E-state index contributed by atoms with van der Waals surface area (Å²) in [5.74, 6) is -0.801. The summed E-state index contributed by atoms with van der Waals surface area (Å²) in [6.45, 7) is 4.79. The number of carboxylic acid groups (broad SMARTS) is 1. The van der Waals surface area contributed by atoms with Crippen LogP contribution >= 0.6 is 0 Å². The first-order valence-corrected chi connectivity index (χ1v) is 8.59. The van der Waals surface area contributed by atoms with Crippen LogP contribution in [0.2, 0.25) is 0 Å². The van der Waals surface area contributed by atoms with Gasteiger partial charge in [-0.3, -0.25) is 9.59 Å². The number of aliphatic carboxylic acids is 1. The summed E-state index contributed by atoms with van der Waals surface area (Å²) in [6, 6.07) is 15.9. The molecule has 1 aliphatic rings. The number of likely N-dealkylation sites (tertiary alicyclic amines) is 1. The Labute approximate surface area is 148 Å². The van der Waals surface area contributed by atoms with Gasteiger partial charge in [0.25, 0.3) is 5.91 Å². The third-order valence-corrected chi connectivity index (χ3v) is 5.19. The van der Waals surface area contributed by atoms with E-state index in [0.29, 0.717) is 31.5 Å². The third-order valence-electron chi connectivity index (χ3n) is 5.19. The molecule has 1 fully saturated rings. The zero-order valence-corrected chi connectivity index (χ0v) is 14.7. The number of benzene rings is 2. The van der Waals surface area contributed by atoms with Crippen molar-refractivity contribution in [2.75, 3.05) is 13.1 Å². The summed E-state index contributed by atoms with van der Waals surface area (Å²) in [5.41, 5.74) is 3.35. The highest BCUT2D eigenvalue weighted by Gasteiger charge is 2.38. The lowest BCUT2D eigenvalue weighted by Crippen LogP contribution is -2.45. The van der Waals surface area contributed by atoms with E-state index in [1.165, 1.54) is 5.56 Å². The highest BCUT2D eigenvalue weighted by atomic mass is 16.4. The number of amides is 1. The molecule has 1 saturated heterocycles. The SMILES string of the molecule is Cc1ccc(-c2ccc(C(=O)N3CCC(C)(C(=O)O)CC3)cc2)cc1. The van der Waals surface area contributed by atoms with Crippen LogP contribution < -0.4 is 0 Å². The van der Waals surface area contributed by atoms with Crippen LogP contribution in [-0.4, -0.2) is 35.0 Å². The van der Waals surface area contributed by atoms with Gasteiger partial charge >= 0.3 is 5.97 Å². The van der Waals surface area contributed by atoms with Gasteiger partial charge in [-0.05, 0) is 49.9 Å². The molecule has 130 valence electrons. The minimum Gasteiger partial charge on any atom is -0.481 e. The van der Waals surface area contributed by atoms with E-state index in [4.69, 9.17) is 0 Å². The van der Waals surface area contributed by atoms with Crippen molar-refractivity contribution in [3.05, 3.63) is 59.7 Å². The number of hydrogen-bond donors (Lipinski definition) is 1. The van der Waals surface area contributed by atoms with Crippen molar-refractivity contribution in [3.8, 4) is 11.1 Å². The first kappa shape index (κ1) is 17.2. The number of carbonyl (C=O) groups excluding carboxylic acids is 1. The van der Waals surface area contributed by atoms with Gasteiger partial charge in [0.2, 0.25) is 0 Å². The molecule has 4 heteroatoms. The van der Waals surface area contributed by atoms with E-state index in [9.17, 15) is 14.7 Å². The standard InChI is InChI=1S/C21H23NO3/c1-15-3-5-16(6-4-15)17-7-9-18(10-8-17)19(23)22-13-11-21(2,12-14-22)20(24)25/h3-10H,11-14H2,1-2H3,(H,24,25). The lowest BCUT2D eigenvalue weighted by atomic mass is 9.80. The fraction of sp³-hybridized carbons (Fsp3) is 0.333. The fourth-order valence-electron chi connectivity index (χ4n) is 3.15. The lowest BCUT2D eigenvalue weighted by Gasteiger charge is -2.36. The molecule has 0 radical (unpaired) electrons. The zero-order valence-electron chi connectivity index (χ0n) is 14.7. The molecule has 2 aromatic rings. The molecule has 1 heterocycles. The van der Waals surface area contributed by atoms with Crippen LogP contribution in [0, 0.1) is 12.3 Å². The van der Waals surface area contributed by atoms with Gasteiger partial charge in [0.1, 0.15) is 0 Å². The van der Waals surface area contributed by atoms with Crippen molar-refractivity contribution in [1.29, 1.82) is 0 Å². The van der Waals surface area contributed by atoms with Gasteiger partial charge in [0, 0.05) is 18.7 Å². The summed E-state index contributed by atoms with van der Waals surface area (Å²) < 4.78 is 0. The smallest absolute Gasteiger partial charge is 0.309 e. The van der Waals surface area contributed by atoms with Crippen LogP contribution in [-0.2, 0) is 4.79 Å². The van der Waals surface area contributed by atoms with Crippen LogP contribution in [0.5, 0.6) is 0 Å². The second-order valence-electron chi connectivity index (χ2n) is 7.10. The van der Waals surface area contributed by atoms with Crippen molar-refractivity contribution in [3.63, 3.8) is 0 Å². The van der Waals surface area contributed by atoms with E-state index in [1.807, 2.05) is 24.3 Å². The normalized spacial score (nSPS) is 16.5. The van der Waals surface area contributed by atoms with E-state index in [-0.39, 0.29) is 5.91 Å². The molecule has 0 aromatic heterocycles. The van der Waals surface area contributed by atoms with Gasteiger partial charge in [-0.2, -0.15) is 0 Å². The molecule has 25 heavy (non-hydrogen) atoms. The number of carboxylic acids is 1. The Kier molecular flexibility index (Phi) is 4.62. The number of nitrogens with zero attached hydrogens (tertiary/aromatic N) is 1. The maximum Gasteiger partial charge on any atom is 0.309 e. The quantitative estimate of drug-likeness (QED) is 0.921. The first-order chi connectivity index (χ1) is 11.9. The Hall–Kier alpha value is -2.62. The summed E-state index contributed by atoms with van der Waals surface area (Å²) in [6.07, 6.45) is 0.991. The second kappa shape index (κ2) is 6.71. The van der Waals surface area contributed by atoms with Gasteiger partial charge in [-0.15, -0.1) is 0 Å². The van der Waals surface area contributed by atoms with Crippen LogP contribution in [0.4, 0.5) is 0 Å². The van der Waals surface area contributed by atoms with Crippen molar-refractivity contribution in [1.82, 2.24) is 4.90 Å². The number of piperidine rings is 1. The van der Waals surface area contributed by atoms with E-state index < -0.39 is 11.4 Å². The molecule has 1 amide bonds. The van der Waals surface area contributed by atoms with E-state index in [0.717, 1.165) is 11.1 Å². The molecule has 0 bridgehead atoms.